The zero-order valence-electron chi connectivity index (χ0n) is 8.83. The van der Waals surface area contributed by atoms with Gasteiger partial charge in [0.2, 0.25) is 5.56 Å². The van der Waals surface area contributed by atoms with E-state index in [1.807, 2.05) is 6.07 Å². The lowest BCUT2D eigenvalue weighted by Gasteiger charge is -2.21. The van der Waals surface area contributed by atoms with E-state index >= 15 is 0 Å². The highest BCUT2D eigenvalue weighted by Crippen LogP contribution is 2.31. The molecule has 0 spiro atoms. The first kappa shape index (κ1) is 10.4. The molecule has 0 unspecified atom stereocenters. The van der Waals surface area contributed by atoms with Crippen LogP contribution in [0.1, 0.15) is 49.3 Å². The van der Waals surface area contributed by atoms with Crippen LogP contribution in [0.4, 0.5) is 0 Å². The second-order valence-corrected chi connectivity index (χ2v) is 4.30. The molecule has 0 aliphatic heterocycles. The number of nitrogens with one attached hydrogen (secondary N) is 1. The Morgan fingerprint density at radius 3 is 2.67 bits per heavy atom. The van der Waals surface area contributed by atoms with Crippen molar-refractivity contribution in [1.29, 1.82) is 0 Å². The monoisotopic (exact) mass is 207 g/mol. The van der Waals surface area contributed by atoms with Gasteiger partial charge in [0.15, 0.2) is 0 Å². The molecule has 1 aromatic heterocycles. The lowest BCUT2D eigenvalue weighted by Crippen LogP contribution is -2.14. The van der Waals surface area contributed by atoms with Gasteiger partial charge in [-0.1, -0.05) is 19.3 Å². The number of aromatic nitrogens is 1. The van der Waals surface area contributed by atoms with Crippen LogP contribution in [0.25, 0.3) is 0 Å². The second-order valence-electron chi connectivity index (χ2n) is 4.30. The van der Waals surface area contributed by atoms with E-state index in [0.717, 1.165) is 24.1 Å². The summed E-state index contributed by atoms with van der Waals surface area (Å²) in [6.45, 7) is -0.0519. The Labute approximate surface area is 89.2 Å². The standard InChI is InChI=1S/C12H17NO2/c14-8-9-6-11(13-12(15)7-9)10-4-2-1-3-5-10/h6-7,10,14H,1-5,8H2,(H,13,15). The Balaban J connectivity index is 2.26. The van der Waals surface area contributed by atoms with Crippen LogP contribution in [0.2, 0.25) is 0 Å². The van der Waals surface area contributed by atoms with Crippen molar-refractivity contribution in [3.63, 3.8) is 0 Å². The molecule has 0 radical (unpaired) electrons. The predicted molar refractivity (Wildman–Crippen MR) is 58.8 cm³/mol. The van der Waals surface area contributed by atoms with Gasteiger partial charge < -0.3 is 10.1 Å². The summed E-state index contributed by atoms with van der Waals surface area (Å²) < 4.78 is 0. The van der Waals surface area contributed by atoms with Gasteiger partial charge >= 0.3 is 0 Å². The van der Waals surface area contributed by atoms with Crippen LogP contribution in [-0.4, -0.2) is 10.1 Å². The fourth-order valence-electron chi connectivity index (χ4n) is 2.35. The Morgan fingerprint density at radius 1 is 1.27 bits per heavy atom. The number of aromatic amines is 1. The van der Waals surface area contributed by atoms with E-state index in [0.29, 0.717) is 5.92 Å². The number of rotatable bonds is 2. The van der Waals surface area contributed by atoms with Gasteiger partial charge in [-0.25, -0.2) is 0 Å². The molecule has 2 rings (SSSR count). The molecule has 15 heavy (non-hydrogen) atoms. The van der Waals surface area contributed by atoms with E-state index in [1.165, 1.54) is 25.3 Å². The number of aliphatic hydroxyl groups excluding tert-OH is 1. The summed E-state index contributed by atoms with van der Waals surface area (Å²) in [6.07, 6.45) is 6.11. The first-order chi connectivity index (χ1) is 7.29. The summed E-state index contributed by atoms with van der Waals surface area (Å²) in [5, 5.41) is 9.03. The number of pyridine rings is 1. The van der Waals surface area contributed by atoms with Crippen molar-refractivity contribution in [2.24, 2.45) is 0 Å². The quantitative estimate of drug-likeness (QED) is 0.778. The summed E-state index contributed by atoms with van der Waals surface area (Å²) >= 11 is 0. The van der Waals surface area contributed by atoms with Crippen molar-refractivity contribution in [3.05, 3.63) is 33.7 Å². The maximum absolute atomic E-state index is 11.3. The van der Waals surface area contributed by atoms with Gasteiger partial charge in [-0.15, -0.1) is 0 Å². The normalized spacial score (nSPS) is 17.9. The summed E-state index contributed by atoms with van der Waals surface area (Å²) in [5.41, 5.74) is 1.63. The van der Waals surface area contributed by atoms with E-state index in [2.05, 4.69) is 4.98 Å². The number of hydrogen-bond acceptors (Lipinski definition) is 2. The summed E-state index contributed by atoms with van der Waals surface area (Å²) in [7, 11) is 0. The SMILES string of the molecule is O=c1cc(CO)cc(C2CCCCC2)[nH]1. The molecule has 0 aromatic carbocycles. The highest BCUT2D eigenvalue weighted by molar-refractivity contribution is 5.19. The number of aliphatic hydroxyl groups is 1. The minimum Gasteiger partial charge on any atom is -0.392 e. The lowest BCUT2D eigenvalue weighted by atomic mass is 9.86. The molecular weight excluding hydrogens is 190 g/mol. The van der Waals surface area contributed by atoms with E-state index in [9.17, 15) is 4.79 Å². The van der Waals surface area contributed by atoms with Crippen molar-refractivity contribution in [2.75, 3.05) is 0 Å². The summed E-state index contributed by atoms with van der Waals surface area (Å²) in [4.78, 5) is 14.2. The molecule has 1 fully saturated rings. The van der Waals surface area contributed by atoms with Crippen LogP contribution in [0.15, 0.2) is 16.9 Å². The average molecular weight is 207 g/mol. The molecule has 1 aliphatic rings. The highest BCUT2D eigenvalue weighted by Gasteiger charge is 2.16. The molecule has 0 saturated heterocycles. The molecule has 1 heterocycles. The lowest BCUT2D eigenvalue weighted by molar-refractivity contribution is 0.281. The van der Waals surface area contributed by atoms with Crippen LogP contribution in [0.5, 0.6) is 0 Å². The van der Waals surface area contributed by atoms with Crippen LogP contribution in [0, 0.1) is 0 Å². The molecule has 3 heteroatoms. The van der Waals surface area contributed by atoms with E-state index in [1.54, 1.807) is 0 Å². The number of hydrogen-bond donors (Lipinski definition) is 2. The largest absolute Gasteiger partial charge is 0.392 e. The highest BCUT2D eigenvalue weighted by atomic mass is 16.3. The van der Waals surface area contributed by atoms with Gasteiger partial charge in [0.05, 0.1) is 6.61 Å². The van der Waals surface area contributed by atoms with Gasteiger partial charge in [0, 0.05) is 11.8 Å². The second kappa shape index (κ2) is 4.62. The van der Waals surface area contributed by atoms with Gasteiger partial charge in [-0.3, -0.25) is 4.79 Å². The minimum atomic E-state index is -0.0953. The van der Waals surface area contributed by atoms with Crippen LogP contribution >= 0.6 is 0 Å². The molecule has 1 aromatic rings. The maximum atomic E-state index is 11.3. The molecule has 0 amide bonds. The number of H-pyrrole nitrogens is 1. The summed E-state index contributed by atoms with van der Waals surface area (Å²) in [5.74, 6) is 0.484. The van der Waals surface area contributed by atoms with Crippen molar-refractivity contribution in [2.45, 2.75) is 44.6 Å². The van der Waals surface area contributed by atoms with Gasteiger partial charge in [0.25, 0.3) is 0 Å². The van der Waals surface area contributed by atoms with Crippen LogP contribution < -0.4 is 5.56 Å². The zero-order valence-corrected chi connectivity index (χ0v) is 8.83. The van der Waals surface area contributed by atoms with Crippen LogP contribution in [0.3, 0.4) is 0 Å². The first-order valence-electron chi connectivity index (χ1n) is 5.63. The van der Waals surface area contributed by atoms with Crippen molar-refractivity contribution in [3.8, 4) is 0 Å². The zero-order chi connectivity index (χ0) is 10.7. The molecule has 2 N–H and O–H groups in total. The topological polar surface area (TPSA) is 53.1 Å². The maximum Gasteiger partial charge on any atom is 0.248 e. The van der Waals surface area contributed by atoms with E-state index in [-0.39, 0.29) is 12.2 Å². The molecule has 1 aliphatic carbocycles. The predicted octanol–water partition coefficient (Wildman–Crippen LogP) is 1.91. The third-order valence-electron chi connectivity index (χ3n) is 3.15. The first-order valence-corrected chi connectivity index (χ1v) is 5.63. The van der Waals surface area contributed by atoms with E-state index in [4.69, 9.17) is 5.11 Å². The Bertz CT molecular complexity index is 377. The fourth-order valence-corrected chi connectivity index (χ4v) is 2.35. The minimum absolute atomic E-state index is 0.0519. The molecule has 3 nitrogen and oxygen atoms in total. The summed E-state index contributed by atoms with van der Waals surface area (Å²) in [6, 6.07) is 3.39. The fraction of sp³-hybridized carbons (Fsp3) is 0.583. The van der Waals surface area contributed by atoms with Crippen molar-refractivity contribution in [1.82, 2.24) is 4.98 Å². The molecular formula is C12H17NO2. The van der Waals surface area contributed by atoms with Crippen molar-refractivity contribution < 1.29 is 5.11 Å². The average Bonchev–Trinajstić information content (AvgIpc) is 2.29. The Kier molecular flexibility index (Phi) is 3.21. The molecule has 82 valence electrons. The Morgan fingerprint density at radius 2 is 2.00 bits per heavy atom. The van der Waals surface area contributed by atoms with Gasteiger partial charge in [0.1, 0.15) is 0 Å². The van der Waals surface area contributed by atoms with E-state index < -0.39 is 0 Å². The molecule has 1 saturated carbocycles. The van der Waals surface area contributed by atoms with Crippen molar-refractivity contribution >= 4 is 0 Å². The third kappa shape index (κ3) is 2.48. The smallest absolute Gasteiger partial charge is 0.248 e. The van der Waals surface area contributed by atoms with Gasteiger partial charge in [-0.2, -0.15) is 0 Å². The van der Waals surface area contributed by atoms with Gasteiger partial charge in [-0.05, 0) is 30.4 Å². The van der Waals surface area contributed by atoms with Crippen LogP contribution in [-0.2, 0) is 6.61 Å². The Hall–Kier alpha value is -1.09. The molecule has 0 atom stereocenters. The third-order valence-corrected chi connectivity index (χ3v) is 3.15. The molecule has 0 bridgehead atoms.